The molecule has 3 N–H and O–H groups in total. The van der Waals surface area contributed by atoms with Crippen LogP contribution in [0.15, 0.2) is 319 Å². The van der Waals surface area contributed by atoms with Gasteiger partial charge in [-0.3, -0.25) is 49.2 Å². The lowest BCUT2D eigenvalue weighted by Gasteiger charge is -2.37. The molecule has 0 saturated carbocycles. The molecule has 120 heavy (non-hydrogen) atoms. The molecule has 0 unspecified atom stereocenters. The lowest BCUT2D eigenvalue weighted by atomic mass is 10.1. The van der Waals surface area contributed by atoms with Crippen molar-refractivity contribution in [3.05, 3.63) is 393 Å². The van der Waals surface area contributed by atoms with Crippen LogP contribution >= 0.6 is 24.8 Å². The zero-order valence-corrected chi connectivity index (χ0v) is 69.6. The quantitative estimate of drug-likeness (QED) is 0.0365. The molecule has 23 heteroatoms. The normalized spacial score (nSPS) is 14.3. The lowest BCUT2D eigenvalue weighted by molar-refractivity contribution is -0.0741. The molecule has 0 aliphatic carbocycles. The molecule has 621 valence electrons. The molecule has 4 aliphatic heterocycles. The molecule has 20 nitrogen and oxygen atoms in total. The number of benzene rings is 11. The predicted molar refractivity (Wildman–Crippen MR) is 481 cm³/mol. The smallest absolute Gasteiger partial charge is 0.268 e. The van der Waals surface area contributed by atoms with Crippen LogP contribution in [0.1, 0.15) is 103 Å². The summed E-state index contributed by atoms with van der Waals surface area (Å²) in [5.41, 5.74) is 20.5. The lowest BCUT2D eigenvalue weighted by Crippen LogP contribution is -2.51. The molecule has 4 heterocycles. The van der Waals surface area contributed by atoms with Gasteiger partial charge in [0.15, 0.2) is 0 Å². The topological polar surface area (TPSA) is 194 Å². The first kappa shape index (κ1) is 92.8. The Kier molecular flexibility index (Phi) is 39.7. The van der Waals surface area contributed by atoms with Crippen LogP contribution < -0.4 is 11.1 Å². The standard InChI is InChI=1S/C26H29N3O2.2C26H27N3O2.C19H23N3O2.B.2ClH/c3*30-26(29(28-15-17-31-18-16-28)21-24-9-5-2-6-10-24)25-13-11-23(12-14-25)20-27-19-22-7-3-1-4-8-22;20-14-16-6-8-18(9-7-16)19(23)22(21-10-12-24-13-11-21)15-17-4-2-1-3-5-17;;;/h1-14,27H,15-21H2;2*1-14,20H,15-19,21H2;1-9H,10-15,20H2;;2*1H. The average molecular weight is 1650 g/mol. The number of hydrazine groups is 4. The summed E-state index contributed by atoms with van der Waals surface area (Å²) in [6.07, 6.45) is 3.70. The largest absolute Gasteiger partial charge is 0.379 e. The van der Waals surface area contributed by atoms with Gasteiger partial charge < -0.3 is 30.0 Å². The zero-order valence-electron chi connectivity index (χ0n) is 68.0. The van der Waals surface area contributed by atoms with Gasteiger partial charge in [-0.1, -0.05) is 261 Å². The highest BCUT2D eigenvalue weighted by Gasteiger charge is 2.30. The van der Waals surface area contributed by atoms with Crippen molar-refractivity contribution < 1.29 is 38.1 Å². The van der Waals surface area contributed by atoms with E-state index in [0.29, 0.717) is 147 Å². The molecular weight excluding hydrogens is 1540 g/mol. The summed E-state index contributed by atoms with van der Waals surface area (Å²) in [5, 5.41) is 19.2. The number of nitrogens with two attached hydrogens (primary N) is 1. The zero-order chi connectivity index (χ0) is 80.7. The SMILES string of the molecule is Cl.Cl.NCc1ccc(C(=O)N(Cc2ccccc2)N2CCOCC2)cc1.O=C(c1ccc(C=NCc2ccccc2)cc1)N(Cc1ccccc1)N1CCOCC1.O=C(c1ccc(C=NCc2ccccc2)cc1)N(Cc1ccccc1)N1CCOCC1.O=C(c1ccc(CNCc2ccccc2)cc1)N(Cc1ccccc1)N1CCOCC1.[B]. The number of nitrogens with one attached hydrogen (secondary N) is 1. The minimum Gasteiger partial charge on any atom is -0.379 e. The van der Waals surface area contributed by atoms with Crippen molar-refractivity contribution in [1.82, 2.24) is 45.4 Å². The van der Waals surface area contributed by atoms with E-state index >= 15 is 0 Å². The fourth-order valence-electron chi connectivity index (χ4n) is 13.6. The minimum absolute atomic E-state index is 0. The van der Waals surface area contributed by atoms with E-state index in [1.54, 1.807) is 0 Å². The Bertz CT molecular complexity index is 4630. The van der Waals surface area contributed by atoms with Crippen LogP contribution in [0.25, 0.3) is 0 Å². The van der Waals surface area contributed by atoms with Gasteiger partial charge in [0.2, 0.25) is 0 Å². The number of aliphatic imine (C=N–C) groups is 2. The summed E-state index contributed by atoms with van der Waals surface area (Å²) in [5.74, 6) is 0.0240. The number of amides is 4. The summed E-state index contributed by atoms with van der Waals surface area (Å²) in [6, 6.07) is 102. The van der Waals surface area contributed by atoms with E-state index in [2.05, 4.69) is 83.9 Å². The van der Waals surface area contributed by atoms with Crippen molar-refractivity contribution in [2.75, 3.05) is 105 Å². The maximum Gasteiger partial charge on any atom is 0.268 e. The van der Waals surface area contributed by atoms with Crippen molar-refractivity contribution in [3.8, 4) is 0 Å². The van der Waals surface area contributed by atoms with Crippen LogP contribution in [0, 0.1) is 0 Å². The molecule has 4 amide bonds. The van der Waals surface area contributed by atoms with E-state index in [0.717, 1.165) is 83.8 Å². The number of hydrogen-bond acceptors (Lipinski definition) is 16. The highest BCUT2D eigenvalue weighted by atomic mass is 35.5. The van der Waals surface area contributed by atoms with Gasteiger partial charge in [0.1, 0.15) is 0 Å². The van der Waals surface area contributed by atoms with E-state index in [1.807, 2.05) is 293 Å². The molecule has 4 aliphatic rings. The van der Waals surface area contributed by atoms with E-state index in [9.17, 15) is 19.2 Å². The third kappa shape index (κ3) is 29.7. The number of hydrogen-bond donors (Lipinski definition) is 2. The third-order valence-electron chi connectivity index (χ3n) is 20.1. The van der Waals surface area contributed by atoms with Gasteiger partial charge in [0, 0.05) is 115 Å². The fraction of sp³-hybridized carbons (Fsp3) is 0.258. The maximum atomic E-state index is 13.4. The Morgan fingerprint density at radius 3 is 0.742 bits per heavy atom. The Balaban J connectivity index is 0.000000181. The Labute approximate surface area is 721 Å². The molecule has 3 radical (unpaired) electrons. The highest BCUT2D eigenvalue weighted by Crippen LogP contribution is 2.22. The molecule has 4 fully saturated rings. The number of ether oxygens (including phenoxy) is 4. The summed E-state index contributed by atoms with van der Waals surface area (Å²) in [4.78, 5) is 62.2. The summed E-state index contributed by atoms with van der Waals surface area (Å²) < 4.78 is 21.9. The number of carbonyl (C=O) groups excluding carboxylic acids is 4. The molecule has 0 spiro atoms. The van der Waals surface area contributed by atoms with Gasteiger partial charge in [0.25, 0.3) is 23.6 Å². The number of halogens is 2. The summed E-state index contributed by atoms with van der Waals surface area (Å²) >= 11 is 0. The van der Waals surface area contributed by atoms with E-state index < -0.39 is 0 Å². The number of morpholine rings is 4. The van der Waals surface area contributed by atoms with Crippen molar-refractivity contribution in [2.45, 2.75) is 58.9 Å². The van der Waals surface area contributed by atoms with Crippen molar-refractivity contribution in [2.24, 2.45) is 15.7 Å². The second-order valence-electron chi connectivity index (χ2n) is 28.5. The summed E-state index contributed by atoms with van der Waals surface area (Å²) in [6.45, 7) is 16.4. The van der Waals surface area contributed by atoms with Gasteiger partial charge in [-0.15, -0.1) is 24.8 Å². The van der Waals surface area contributed by atoms with Crippen LogP contribution in [0.2, 0.25) is 0 Å². The van der Waals surface area contributed by atoms with Crippen molar-refractivity contribution in [1.29, 1.82) is 0 Å². The van der Waals surface area contributed by atoms with Crippen LogP contribution in [0.3, 0.4) is 0 Å². The Morgan fingerprint density at radius 1 is 0.292 bits per heavy atom. The van der Waals surface area contributed by atoms with Gasteiger partial charge in [-0.25, -0.2) is 20.0 Å². The van der Waals surface area contributed by atoms with Crippen LogP contribution in [0.5, 0.6) is 0 Å². The van der Waals surface area contributed by atoms with E-state index in [-0.39, 0.29) is 56.9 Å². The molecule has 4 saturated heterocycles. The monoisotopic (exact) mass is 1650 g/mol. The van der Waals surface area contributed by atoms with E-state index in [1.165, 1.54) is 16.7 Å². The predicted octanol–water partition coefficient (Wildman–Crippen LogP) is 14.8. The van der Waals surface area contributed by atoms with Crippen molar-refractivity contribution in [3.63, 3.8) is 0 Å². The Morgan fingerprint density at radius 2 is 0.500 bits per heavy atom. The van der Waals surface area contributed by atoms with E-state index in [4.69, 9.17) is 24.7 Å². The molecule has 0 atom stereocenters. The molecular formula is C97H108BCl2N12O8. The fourth-order valence-corrected chi connectivity index (χ4v) is 13.6. The first-order valence-corrected chi connectivity index (χ1v) is 40.3. The first-order valence-electron chi connectivity index (χ1n) is 40.3. The van der Waals surface area contributed by atoms with Gasteiger partial charge >= 0.3 is 0 Å². The third-order valence-corrected chi connectivity index (χ3v) is 20.1. The van der Waals surface area contributed by atoms with Gasteiger partial charge in [-0.2, -0.15) is 0 Å². The van der Waals surface area contributed by atoms with Crippen LogP contribution in [0.4, 0.5) is 0 Å². The summed E-state index contributed by atoms with van der Waals surface area (Å²) in [7, 11) is 0. The Hall–Kier alpha value is -11.1. The molecule has 15 rings (SSSR count). The number of nitrogens with zero attached hydrogens (tertiary/aromatic N) is 10. The first-order chi connectivity index (χ1) is 57.7. The molecule has 11 aromatic rings. The molecule has 0 bridgehead atoms. The van der Waals surface area contributed by atoms with Gasteiger partial charge in [-0.05, 0) is 110 Å². The maximum absolute atomic E-state index is 13.4. The second kappa shape index (κ2) is 51.4. The average Bonchev–Trinajstić information content (AvgIpc) is 0.840. The van der Waals surface area contributed by atoms with Crippen LogP contribution in [-0.4, -0.2) is 190 Å². The number of carbonyl (C=O) groups is 4. The van der Waals surface area contributed by atoms with Gasteiger partial charge in [0.05, 0.1) is 92.1 Å². The second-order valence-corrected chi connectivity index (χ2v) is 28.5. The molecule has 11 aromatic carbocycles. The highest BCUT2D eigenvalue weighted by molar-refractivity contribution is 5.96. The van der Waals surface area contributed by atoms with Crippen molar-refractivity contribution >= 4 is 69.3 Å². The van der Waals surface area contributed by atoms with Crippen LogP contribution in [-0.2, 0) is 77.9 Å². The molecule has 0 aromatic heterocycles. The number of rotatable bonds is 27. The minimum atomic E-state index is -0.00136.